The first kappa shape index (κ1) is 23.4. The molecule has 0 aromatic heterocycles. The highest BCUT2D eigenvalue weighted by molar-refractivity contribution is 7.89. The average Bonchev–Trinajstić information content (AvgIpc) is 2.71. The molecule has 2 N–H and O–H groups in total. The molecule has 4 aliphatic rings. The fourth-order valence-corrected chi connectivity index (χ4v) is 7.38. The van der Waals surface area contributed by atoms with E-state index in [9.17, 15) is 22.4 Å². The zero-order chi connectivity index (χ0) is 22.9. The number of benzene rings is 1. The Labute approximate surface area is 192 Å². The van der Waals surface area contributed by atoms with E-state index in [1.807, 2.05) is 0 Å². The highest BCUT2D eigenvalue weighted by Crippen LogP contribution is 2.59. The van der Waals surface area contributed by atoms with Gasteiger partial charge in [-0.25, -0.2) is 17.5 Å². The summed E-state index contributed by atoms with van der Waals surface area (Å²) in [5.74, 6) is 0.642. The van der Waals surface area contributed by atoms with Crippen LogP contribution in [0.2, 0.25) is 5.02 Å². The molecule has 0 saturated heterocycles. The van der Waals surface area contributed by atoms with Gasteiger partial charge in [0.2, 0.25) is 10.0 Å². The van der Waals surface area contributed by atoms with Gasteiger partial charge in [0.25, 0.3) is 5.91 Å². The molecule has 32 heavy (non-hydrogen) atoms. The third-order valence-electron chi connectivity index (χ3n) is 7.01. The summed E-state index contributed by atoms with van der Waals surface area (Å²) in [7, 11) is -3.95. The summed E-state index contributed by atoms with van der Waals surface area (Å²) in [6.07, 6.45) is 7.31. The maximum atomic E-state index is 13.2. The van der Waals surface area contributed by atoms with Crippen LogP contribution in [0.4, 0.5) is 4.39 Å². The number of nitrogens with one attached hydrogen (secondary N) is 2. The molecule has 0 atom stereocenters. The summed E-state index contributed by atoms with van der Waals surface area (Å²) in [4.78, 5) is 23.9. The van der Waals surface area contributed by atoms with E-state index in [4.69, 9.17) is 16.3 Å². The number of carbonyl (C=O) groups is 2. The molecule has 176 valence electrons. The smallest absolute Gasteiger partial charge is 0.307 e. The van der Waals surface area contributed by atoms with Crippen molar-refractivity contribution in [2.75, 3.05) is 19.7 Å². The fourth-order valence-electron chi connectivity index (χ4n) is 6.08. The summed E-state index contributed by atoms with van der Waals surface area (Å²) >= 11 is 5.61. The predicted molar refractivity (Wildman–Crippen MR) is 116 cm³/mol. The van der Waals surface area contributed by atoms with E-state index in [2.05, 4.69) is 10.0 Å². The van der Waals surface area contributed by atoms with E-state index in [1.165, 1.54) is 38.5 Å². The molecule has 1 amide bonds. The van der Waals surface area contributed by atoms with Gasteiger partial charge in [0.1, 0.15) is 5.82 Å². The maximum Gasteiger partial charge on any atom is 0.307 e. The SMILES string of the molecule is O=C(COC(=O)CCNS(=O)(=O)c1ccc(F)c(Cl)c1)NCC12CC3CC(CC(C3)C1)C2. The first-order chi connectivity index (χ1) is 15.1. The minimum Gasteiger partial charge on any atom is -0.456 e. The molecule has 10 heteroatoms. The van der Waals surface area contributed by atoms with E-state index in [0.717, 1.165) is 36.0 Å². The fraction of sp³-hybridized carbons (Fsp3) is 0.636. The molecule has 0 unspecified atom stereocenters. The average molecular weight is 487 g/mol. The van der Waals surface area contributed by atoms with Crippen LogP contribution in [0.25, 0.3) is 0 Å². The van der Waals surface area contributed by atoms with Crippen molar-refractivity contribution in [1.29, 1.82) is 0 Å². The summed E-state index contributed by atoms with van der Waals surface area (Å²) in [6, 6.07) is 3.02. The zero-order valence-corrected chi connectivity index (χ0v) is 19.3. The second-order valence-corrected chi connectivity index (χ2v) is 11.8. The van der Waals surface area contributed by atoms with E-state index in [1.54, 1.807) is 0 Å². The van der Waals surface area contributed by atoms with Crippen molar-refractivity contribution in [1.82, 2.24) is 10.0 Å². The topological polar surface area (TPSA) is 102 Å². The standard InChI is InChI=1S/C22H28ClFN2O5S/c23-18-8-17(1-2-19(18)24)32(29,30)26-4-3-21(28)31-12-20(27)25-13-22-9-14-5-15(10-22)7-16(6-14)11-22/h1-2,8,14-16,26H,3-7,9-13H2,(H,25,27). The van der Waals surface area contributed by atoms with Gasteiger partial charge in [-0.2, -0.15) is 0 Å². The second kappa shape index (κ2) is 9.27. The van der Waals surface area contributed by atoms with Crippen LogP contribution >= 0.6 is 11.6 Å². The number of carbonyl (C=O) groups excluding carboxylic acids is 2. The molecule has 0 heterocycles. The van der Waals surface area contributed by atoms with Gasteiger partial charge >= 0.3 is 5.97 Å². The van der Waals surface area contributed by atoms with Gasteiger partial charge in [0.05, 0.1) is 16.3 Å². The van der Waals surface area contributed by atoms with Gasteiger partial charge < -0.3 is 10.1 Å². The minimum absolute atomic E-state index is 0.204. The number of hydrogen-bond acceptors (Lipinski definition) is 5. The molecule has 0 radical (unpaired) electrons. The Kier molecular flexibility index (Phi) is 6.79. The van der Waals surface area contributed by atoms with E-state index in [0.29, 0.717) is 6.54 Å². The molecule has 0 aliphatic heterocycles. The Bertz CT molecular complexity index is 965. The largest absolute Gasteiger partial charge is 0.456 e. The summed E-state index contributed by atoms with van der Waals surface area (Å²) in [5.41, 5.74) is 0.204. The quantitative estimate of drug-likeness (QED) is 0.522. The highest BCUT2D eigenvalue weighted by atomic mass is 35.5. The first-order valence-corrected chi connectivity index (χ1v) is 12.9. The minimum atomic E-state index is -3.95. The Morgan fingerprint density at radius 1 is 1.12 bits per heavy atom. The van der Waals surface area contributed by atoms with Crippen molar-refractivity contribution in [3.8, 4) is 0 Å². The molecule has 4 fully saturated rings. The van der Waals surface area contributed by atoms with Crippen LogP contribution in [0.3, 0.4) is 0 Å². The first-order valence-electron chi connectivity index (χ1n) is 11.0. The number of halogens is 2. The van der Waals surface area contributed by atoms with Gasteiger partial charge in [0, 0.05) is 13.1 Å². The van der Waals surface area contributed by atoms with Gasteiger partial charge in [-0.15, -0.1) is 0 Å². The zero-order valence-electron chi connectivity index (χ0n) is 17.7. The molecular formula is C22H28ClFN2O5S. The van der Waals surface area contributed by atoms with Gasteiger partial charge in [-0.05, 0) is 79.9 Å². The maximum absolute atomic E-state index is 13.2. The lowest BCUT2D eigenvalue weighted by molar-refractivity contribution is -0.148. The van der Waals surface area contributed by atoms with Crippen molar-refractivity contribution in [2.24, 2.45) is 23.2 Å². The van der Waals surface area contributed by atoms with Crippen LogP contribution in [0.15, 0.2) is 23.1 Å². The normalized spacial score (nSPS) is 28.5. The van der Waals surface area contributed by atoms with Crippen molar-refractivity contribution in [2.45, 2.75) is 49.8 Å². The van der Waals surface area contributed by atoms with Crippen LogP contribution in [-0.2, 0) is 24.3 Å². The summed E-state index contributed by atoms with van der Waals surface area (Å²) < 4.78 is 44.8. The summed E-state index contributed by atoms with van der Waals surface area (Å²) in [6.45, 7) is 0.0312. The third-order valence-corrected chi connectivity index (χ3v) is 8.76. The van der Waals surface area contributed by atoms with Gasteiger partial charge in [-0.3, -0.25) is 9.59 Å². The Balaban J connectivity index is 1.16. The number of sulfonamides is 1. The number of amides is 1. The van der Waals surface area contributed by atoms with Crippen molar-refractivity contribution in [3.63, 3.8) is 0 Å². The lowest BCUT2D eigenvalue weighted by atomic mass is 9.49. The number of hydrogen-bond donors (Lipinski definition) is 2. The Morgan fingerprint density at radius 2 is 1.75 bits per heavy atom. The molecule has 1 aromatic carbocycles. The molecule has 4 aliphatic carbocycles. The van der Waals surface area contributed by atoms with Crippen molar-refractivity contribution < 1.29 is 27.1 Å². The van der Waals surface area contributed by atoms with Crippen LogP contribution in [0, 0.1) is 29.0 Å². The predicted octanol–water partition coefficient (Wildman–Crippen LogP) is 3.02. The van der Waals surface area contributed by atoms with Gasteiger partial charge in [0.15, 0.2) is 6.61 Å². The van der Waals surface area contributed by atoms with Crippen LogP contribution < -0.4 is 10.0 Å². The monoisotopic (exact) mass is 486 g/mol. The Hall–Kier alpha value is -1.71. The molecule has 7 nitrogen and oxygen atoms in total. The molecule has 4 bridgehead atoms. The number of ether oxygens (including phenoxy) is 1. The lowest BCUT2D eigenvalue weighted by Gasteiger charge is -2.56. The van der Waals surface area contributed by atoms with Crippen molar-refractivity contribution >= 4 is 33.5 Å². The lowest BCUT2D eigenvalue weighted by Crippen LogP contribution is -2.51. The number of rotatable bonds is 9. The highest BCUT2D eigenvalue weighted by Gasteiger charge is 2.50. The molecule has 4 saturated carbocycles. The van der Waals surface area contributed by atoms with E-state index >= 15 is 0 Å². The number of esters is 1. The molecule has 0 spiro atoms. The second-order valence-electron chi connectivity index (χ2n) is 9.58. The van der Waals surface area contributed by atoms with Crippen molar-refractivity contribution in [3.05, 3.63) is 29.0 Å². The Morgan fingerprint density at radius 3 is 2.34 bits per heavy atom. The van der Waals surface area contributed by atoms with E-state index < -0.39 is 21.8 Å². The van der Waals surface area contributed by atoms with Crippen LogP contribution in [0.5, 0.6) is 0 Å². The third kappa shape index (κ3) is 5.43. The molecule has 1 aromatic rings. The van der Waals surface area contributed by atoms with Gasteiger partial charge in [-0.1, -0.05) is 11.6 Å². The van der Waals surface area contributed by atoms with Crippen LogP contribution in [0.1, 0.15) is 44.9 Å². The molecular weight excluding hydrogens is 459 g/mol. The molecule has 5 rings (SSSR count). The van der Waals surface area contributed by atoms with Crippen LogP contribution in [-0.4, -0.2) is 40.0 Å². The summed E-state index contributed by atoms with van der Waals surface area (Å²) in [5, 5.41) is 2.62. The van der Waals surface area contributed by atoms with E-state index in [-0.39, 0.29) is 40.8 Å².